The van der Waals surface area contributed by atoms with E-state index in [9.17, 15) is 9.59 Å². The van der Waals surface area contributed by atoms with Crippen LogP contribution in [0, 0.1) is 0 Å². The van der Waals surface area contributed by atoms with Crippen molar-refractivity contribution in [2.45, 2.75) is 32.2 Å². The lowest BCUT2D eigenvalue weighted by molar-refractivity contribution is 0.0949. The van der Waals surface area contributed by atoms with Crippen molar-refractivity contribution in [2.75, 3.05) is 12.4 Å². The van der Waals surface area contributed by atoms with Gasteiger partial charge in [-0.15, -0.1) is 10.2 Å². The number of hydrogen-bond donors (Lipinski definition) is 2. The van der Waals surface area contributed by atoms with Crippen LogP contribution in [0.3, 0.4) is 0 Å². The Kier molecular flexibility index (Phi) is 5.42. The maximum Gasteiger partial charge on any atom is 0.259 e. The molecule has 0 aliphatic heterocycles. The van der Waals surface area contributed by atoms with Crippen LogP contribution in [0.4, 0.5) is 5.69 Å². The average Bonchev–Trinajstić information content (AvgIpc) is 3.48. The highest BCUT2D eigenvalue weighted by Crippen LogP contribution is 2.21. The fraction of sp³-hybridized carbons (Fsp3) is 0.286. The normalized spacial score (nSPS) is 13.0. The zero-order valence-corrected chi connectivity index (χ0v) is 16.8. The minimum absolute atomic E-state index is 0.131. The molecule has 0 radical (unpaired) electrons. The SMILES string of the molecule is CCc1c(C(=O)Nc2cccc(C(=O)NC3CC3)c2)cnn1-c1ccc(OC)nn1. The van der Waals surface area contributed by atoms with Crippen LogP contribution in [0.5, 0.6) is 5.88 Å². The molecule has 3 aromatic rings. The number of carbonyl (C=O) groups is 2. The summed E-state index contributed by atoms with van der Waals surface area (Å²) in [6.07, 6.45) is 4.11. The van der Waals surface area contributed by atoms with E-state index < -0.39 is 0 Å². The fourth-order valence-corrected chi connectivity index (χ4v) is 3.07. The minimum Gasteiger partial charge on any atom is -0.480 e. The van der Waals surface area contributed by atoms with E-state index in [1.54, 1.807) is 41.1 Å². The summed E-state index contributed by atoms with van der Waals surface area (Å²) in [6.45, 7) is 1.93. The standard InChI is InChI=1S/C21H22N6O3/c1-3-17-16(12-22-27(17)18-9-10-19(30-2)26-25-18)21(29)24-15-6-4-5-13(11-15)20(28)23-14-7-8-14/h4-6,9-12,14H,3,7-8H2,1-2H3,(H,23,28)(H,24,29). The van der Waals surface area contributed by atoms with Crippen LogP contribution in [0.15, 0.2) is 42.6 Å². The molecule has 0 unspecified atom stereocenters. The van der Waals surface area contributed by atoms with E-state index in [0.29, 0.717) is 40.6 Å². The summed E-state index contributed by atoms with van der Waals surface area (Å²) in [4.78, 5) is 25.1. The van der Waals surface area contributed by atoms with Gasteiger partial charge in [-0.25, -0.2) is 4.68 Å². The van der Waals surface area contributed by atoms with Crippen molar-refractivity contribution < 1.29 is 14.3 Å². The molecule has 4 rings (SSSR count). The molecule has 2 amide bonds. The first-order valence-electron chi connectivity index (χ1n) is 9.76. The number of hydrogen-bond acceptors (Lipinski definition) is 6. The molecular formula is C21H22N6O3. The molecule has 1 aromatic carbocycles. The highest BCUT2D eigenvalue weighted by Gasteiger charge is 2.24. The highest BCUT2D eigenvalue weighted by molar-refractivity contribution is 6.05. The second-order valence-electron chi connectivity index (χ2n) is 6.99. The lowest BCUT2D eigenvalue weighted by atomic mass is 10.1. The predicted octanol–water partition coefficient (Wildman–Crippen LogP) is 2.38. The van der Waals surface area contributed by atoms with Gasteiger partial charge in [-0.2, -0.15) is 5.10 Å². The van der Waals surface area contributed by atoms with Crippen LogP contribution >= 0.6 is 0 Å². The van der Waals surface area contributed by atoms with E-state index >= 15 is 0 Å². The molecule has 1 fully saturated rings. The molecule has 30 heavy (non-hydrogen) atoms. The van der Waals surface area contributed by atoms with E-state index in [1.807, 2.05) is 6.92 Å². The number of nitrogens with zero attached hydrogens (tertiary/aromatic N) is 4. The lowest BCUT2D eigenvalue weighted by Crippen LogP contribution is -2.25. The van der Waals surface area contributed by atoms with Crippen molar-refractivity contribution >= 4 is 17.5 Å². The maximum absolute atomic E-state index is 12.9. The number of nitrogens with one attached hydrogen (secondary N) is 2. The first-order chi connectivity index (χ1) is 14.6. The Bertz CT molecular complexity index is 1070. The van der Waals surface area contributed by atoms with Gasteiger partial charge in [0.25, 0.3) is 11.8 Å². The summed E-state index contributed by atoms with van der Waals surface area (Å²) >= 11 is 0. The van der Waals surface area contributed by atoms with Gasteiger partial charge in [0.2, 0.25) is 5.88 Å². The number of rotatable bonds is 7. The van der Waals surface area contributed by atoms with Gasteiger partial charge in [0, 0.05) is 23.4 Å². The monoisotopic (exact) mass is 406 g/mol. The van der Waals surface area contributed by atoms with Crippen molar-refractivity contribution in [3.63, 3.8) is 0 Å². The third-order valence-corrected chi connectivity index (χ3v) is 4.80. The van der Waals surface area contributed by atoms with Gasteiger partial charge in [-0.05, 0) is 43.5 Å². The molecule has 154 valence electrons. The van der Waals surface area contributed by atoms with Crippen molar-refractivity contribution in [3.05, 3.63) is 59.4 Å². The summed E-state index contributed by atoms with van der Waals surface area (Å²) in [7, 11) is 1.52. The molecule has 1 saturated carbocycles. The van der Waals surface area contributed by atoms with Crippen LogP contribution < -0.4 is 15.4 Å². The van der Waals surface area contributed by atoms with E-state index in [0.717, 1.165) is 12.8 Å². The van der Waals surface area contributed by atoms with Gasteiger partial charge < -0.3 is 15.4 Å². The molecule has 0 saturated heterocycles. The molecular weight excluding hydrogens is 384 g/mol. The molecule has 1 aliphatic carbocycles. The molecule has 2 heterocycles. The van der Waals surface area contributed by atoms with Crippen molar-refractivity contribution in [3.8, 4) is 11.7 Å². The fourth-order valence-electron chi connectivity index (χ4n) is 3.07. The Morgan fingerprint density at radius 3 is 2.67 bits per heavy atom. The number of benzene rings is 1. The first-order valence-corrected chi connectivity index (χ1v) is 9.76. The largest absolute Gasteiger partial charge is 0.480 e. The van der Waals surface area contributed by atoms with Gasteiger partial charge in [0.1, 0.15) is 0 Å². The summed E-state index contributed by atoms with van der Waals surface area (Å²) in [5.41, 5.74) is 2.19. The van der Waals surface area contributed by atoms with Gasteiger partial charge in [-0.3, -0.25) is 9.59 Å². The Morgan fingerprint density at radius 2 is 2.00 bits per heavy atom. The van der Waals surface area contributed by atoms with E-state index in [1.165, 1.54) is 13.3 Å². The summed E-state index contributed by atoms with van der Waals surface area (Å²) in [5.74, 6) is 0.450. The molecule has 0 spiro atoms. The molecule has 0 bridgehead atoms. The molecule has 2 aromatic heterocycles. The number of methoxy groups -OCH3 is 1. The third kappa shape index (κ3) is 4.14. The van der Waals surface area contributed by atoms with Crippen LogP contribution in [0.25, 0.3) is 5.82 Å². The molecule has 1 aliphatic rings. The quantitative estimate of drug-likeness (QED) is 0.623. The number of carbonyl (C=O) groups excluding carboxylic acids is 2. The van der Waals surface area contributed by atoms with Crippen LogP contribution in [0.1, 0.15) is 46.2 Å². The second kappa shape index (κ2) is 8.32. The van der Waals surface area contributed by atoms with Crippen LogP contribution in [0.2, 0.25) is 0 Å². The van der Waals surface area contributed by atoms with E-state index in [4.69, 9.17) is 4.74 Å². The number of ether oxygens (including phenoxy) is 1. The van der Waals surface area contributed by atoms with Gasteiger partial charge >= 0.3 is 0 Å². The van der Waals surface area contributed by atoms with Crippen molar-refractivity contribution in [1.82, 2.24) is 25.3 Å². The first kappa shape index (κ1) is 19.6. The van der Waals surface area contributed by atoms with Crippen molar-refractivity contribution in [1.29, 1.82) is 0 Å². The maximum atomic E-state index is 12.9. The minimum atomic E-state index is -0.306. The summed E-state index contributed by atoms with van der Waals surface area (Å²) in [5, 5.41) is 18.1. The summed E-state index contributed by atoms with van der Waals surface area (Å²) in [6, 6.07) is 10.6. The lowest BCUT2D eigenvalue weighted by Gasteiger charge is -2.09. The average molecular weight is 406 g/mol. The number of amides is 2. The zero-order chi connectivity index (χ0) is 21.1. The van der Waals surface area contributed by atoms with Crippen LogP contribution in [-0.4, -0.2) is 44.9 Å². The number of anilines is 1. The zero-order valence-electron chi connectivity index (χ0n) is 16.8. The van der Waals surface area contributed by atoms with Crippen LogP contribution in [-0.2, 0) is 6.42 Å². The van der Waals surface area contributed by atoms with E-state index in [-0.39, 0.29) is 17.9 Å². The molecule has 9 nitrogen and oxygen atoms in total. The smallest absolute Gasteiger partial charge is 0.259 e. The van der Waals surface area contributed by atoms with Crippen molar-refractivity contribution in [2.24, 2.45) is 0 Å². The summed E-state index contributed by atoms with van der Waals surface area (Å²) < 4.78 is 6.61. The topological polar surface area (TPSA) is 111 Å². The molecule has 9 heteroatoms. The number of aromatic nitrogens is 4. The van der Waals surface area contributed by atoms with E-state index in [2.05, 4.69) is 25.9 Å². The Morgan fingerprint density at radius 1 is 1.17 bits per heavy atom. The third-order valence-electron chi connectivity index (χ3n) is 4.80. The predicted molar refractivity (Wildman–Crippen MR) is 110 cm³/mol. The van der Waals surface area contributed by atoms with Gasteiger partial charge in [-0.1, -0.05) is 13.0 Å². The van der Waals surface area contributed by atoms with Gasteiger partial charge in [0.15, 0.2) is 5.82 Å². The molecule has 0 atom stereocenters. The highest BCUT2D eigenvalue weighted by atomic mass is 16.5. The Labute approximate surface area is 173 Å². The second-order valence-corrected chi connectivity index (χ2v) is 6.99. The Balaban J connectivity index is 1.53. The van der Waals surface area contributed by atoms with Gasteiger partial charge in [0.05, 0.1) is 24.6 Å². The Hall–Kier alpha value is -3.75. The molecule has 2 N–H and O–H groups in total.